The summed E-state index contributed by atoms with van der Waals surface area (Å²) in [6.45, 7) is 0. The van der Waals surface area contributed by atoms with E-state index >= 15 is 0 Å². The van der Waals surface area contributed by atoms with Gasteiger partial charge in [0.2, 0.25) is 0 Å². The van der Waals surface area contributed by atoms with Crippen molar-refractivity contribution < 1.29 is 13.9 Å². The molecule has 10 heavy (non-hydrogen) atoms. The summed E-state index contributed by atoms with van der Waals surface area (Å²) >= 11 is 3.33. The summed E-state index contributed by atoms with van der Waals surface area (Å²) in [5, 5.41) is 6.00. The zero-order valence-electron chi connectivity index (χ0n) is 5.74. The highest BCUT2D eigenvalue weighted by atomic mass is 32.1. The van der Waals surface area contributed by atoms with Gasteiger partial charge >= 0.3 is 8.60 Å². The molecule has 0 aromatic rings. The lowest BCUT2D eigenvalue weighted by atomic mass is 11.4. The summed E-state index contributed by atoms with van der Waals surface area (Å²) in [6, 6.07) is 0. The molecule has 5 nitrogen and oxygen atoms in total. The van der Waals surface area contributed by atoms with Crippen LogP contribution < -0.4 is 5.73 Å². The third kappa shape index (κ3) is 24.2. The van der Waals surface area contributed by atoms with Crippen LogP contribution in [-0.2, 0) is 9.05 Å². The number of nitrogens with two attached hydrogens (primary N) is 1. The summed E-state index contributed by atoms with van der Waals surface area (Å²) in [4.78, 5) is 8.29. The highest BCUT2D eigenvalue weighted by molar-refractivity contribution is 7.96. The standard InChI is InChI=1S/C2H7O3P.CH4N2S/c1-4-6(3)5-2;2-1(3)4/h3H,1-2H3;(H4,2,3,4). The molecule has 62 valence electrons. The van der Waals surface area contributed by atoms with Crippen molar-refractivity contribution in [2.45, 2.75) is 0 Å². The van der Waals surface area contributed by atoms with Gasteiger partial charge in [0.15, 0.2) is 0 Å². The van der Waals surface area contributed by atoms with Gasteiger partial charge in [-0.05, 0) is 0 Å². The van der Waals surface area contributed by atoms with Crippen LogP contribution in [0.1, 0.15) is 0 Å². The Morgan fingerprint density at radius 3 is 1.80 bits per heavy atom. The lowest BCUT2D eigenvalue weighted by Gasteiger charge is -1.98. The Hall–Kier alpha value is 0.130. The van der Waals surface area contributed by atoms with E-state index in [1.807, 2.05) is 0 Å². The van der Waals surface area contributed by atoms with E-state index in [9.17, 15) is 0 Å². The molecule has 0 aliphatic heterocycles. The lowest BCUT2D eigenvalue weighted by Crippen LogP contribution is -1.96. The van der Waals surface area contributed by atoms with Gasteiger partial charge in [-0.15, -0.1) is 12.6 Å². The SMILES string of the molecule is COP(O)OC.N=C(N)S. The van der Waals surface area contributed by atoms with Crippen molar-refractivity contribution in [1.29, 1.82) is 5.41 Å². The number of thiol groups is 1. The molecule has 0 aliphatic carbocycles. The van der Waals surface area contributed by atoms with Crippen LogP contribution in [0.3, 0.4) is 0 Å². The molecule has 0 amide bonds. The molecular weight excluding hydrogens is 175 g/mol. The average Bonchev–Trinajstić information content (AvgIpc) is 1.85. The summed E-state index contributed by atoms with van der Waals surface area (Å²) in [5.74, 6) is 0. The maximum Gasteiger partial charge on any atom is 0.329 e. The fraction of sp³-hybridized carbons (Fsp3) is 0.667. The van der Waals surface area contributed by atoms with Gasteiger partial charge in [0.05, 0.1) is 0 Å². The van der Waals surface area contributed by atoms with Crippen LogP contribution in [0, 0.1) is 5.41 Å². The Labute approximate surface area is 66.4 Å². The predicted octanol–water partition coefficient (Wildman–Crippen LogP) is 0.308. The first kappa shape index (κ1) is 12.8. The van der Waals surface area contributed by atoms with E-state index in [0.29, 0.717) is 0 Å². The Morgan fingerprint density at radius 1 is 1.60 bits per heavy atom. The molecule has 0 aliphatic rings. The van der Waals surface area contributed by atoms with Gasteiger partial charge in [0, 0.05) is 14.2 Å². The molecule has 0 aromatic carbocycles. The van der Waals surface area contributed by atoms with Crippen molar-refractivity contribution in [3.8, 4) is 0 Å². The van der Waals surface area contributed by atoms with Crippen molar-refractivity contribution in [3.63, 3.8) is 0 Å². The van der Waals surface area contributed by atoms with Crippen LogP contribution in [-0.4, -0.2) is 24.3 Å². The Kier molecular flexibility index (Phi) is 11.7. The van der Waals surface area contributed by atoms with Crippen molar-refractivity contribution >= 4 is 26.4 Å². The summed E-state index contributed by atoms with van der Waals surface area (Å²) in [6.07, 6.45) is 0. The Bertz CT molecular complexity index is 85.8. The monoisotopic (exact) mass is 186 g/mol. The molecule has 4 N–H and O–H groups in total. The zero-order valence-corrected chi connectivity index (χ0v) is 7.52. The lowest BCUT2D eigenvalue weighted by molar-refractivity contribution is 0.271. The minimum atomic E-state index is -1.58. The number of amidine groups is 1. The number of rotatable bonds is 2. The van der Waals surface area contributed by atoms with Gasteiger partial charge < -0.3 is 19.7 Å². The minimum absolute atomic E-state index is 0.139. The van der Waals surface area contributed by atoms with E-state index in [1.54, 1.807) is 0 Å². The molecule has 7 heteroatoms. The first-order valence-corrected chi connectivity index (χ1v) is 3.72. The van der Waals surface area contributed by atoms with Crippen molar-refractivity contribution in [3.05, 3.63) is 0 Å². The highest BCUT2D eigenvalue weighted by Crippen LogP contribution is 2.28. The van der Waals surface area contributed by atoms with Crippen molar-refractivity contribution in [2.75, 3.05) is 14.2 Å². The molecule has 0 rings (SSSR count). The first-order valence-electron chi connectivity index (χ1n) is 2.14. The second-order valence-electron chi connectivity index (χ2n) is 0.988. The highest BCUT2D eigenvalue weighted by Gasteiger charge is 1.94. The van der Waals surface area contributed by atoms with E-state index < -0.39 is 8.60 Å². The van der Waals surface area contributed by atoms with Gasteiger partial charge in [-0.25, -0.2) is 0 Å². The van der Waals surface area contributed by atoms with Crippen LogP contribution in [0.2, 0.25) is 0 Å². The second-order valence-corrected chi connectivity index (χ2v) is 2.68. The van der Waals surface area contributed by atoms with Crippen LogP contribution in [0.15, 0.2) is 0 Å². The van der Waals surface area contributed by atoms with E-state index in [2.05, 4.69) is 27.4 Å². The molecule has 0 unspecified atom stereocenters. The van der Waals surface area contributed by atoms with Crippen LogP contribution in [0.4, 0.5) is 0 Å². The smallest absolute Gasteiger partial charge is 0.329 e. The van der Waals surface area contributed by atoms with Crippen molar-refractivity contribution in [1.82, 2.24) is 0 Å². The molecule has 0 radical (unpaired) electrons. The maximum atomic E-state index is 8.29. The van der Waals surface area contributed by atoms with Crippen LogP contribution in [0.5, 0.6) is 0 Å². The molecule has 0 spiro atoms. The van der Waals surface area contributed by atoms with E-state index in [-0.39, 0.29) is 5.17 Å². The Balaban J connectivity index is 0. The van der Waals surface area contributed by atoms with Gasteiger partial charge in [-0.2, -0.15) is 0 Å². The number of hydrogen-bond donors (Lipinski definition) is 4. The van der Waals surface area contributed by atoms with Gasteiger partial charge in [0.25, 0.3) is 0 Å². The number of nitrogens with one attached hydrogen (secondary N) is 1. The second kappa shape index (κ2) is 9.13. The van der Waals surface area contributed by atoms with Crippen LogP contribution in [0.25, 0.3) is 0 Å². The molecule has 0 saturated carbocycles. The Morgan fingerprint density at radius 2 is 1.80 bits per heavy atom. The van der Waals surface area contributed by atoms with Gasteiger partial charge in [-0.3, -0.25) is 5.41 Å². The van der Waals surface area contributed by atoms with Gasteiger partial charge in [0.1, 0.15) is 5.17 Å². The molecule has 0 heterocycles. The third-order valence-electron chi connectivity index (χ3n) is 0.312. The average molecular weight is 186 g/mol. The van der Waals surface area contributed by atoms with Crippen molar-refractivity contribution in [2.24, 2.45) is 5.73 Å². The zero-order chi connectivity index (χ0) is 8.57. The minimum Gasteiger partial charge on any atom is -0.379 e. The molecule has 0 bridgehead atoms. The fourth-order valence-electron chi connectivity index (χ4n) is 0.0745. The normalized spacial score (nSPS) is 8.50. The molecule has 0 aromatic heterocycles. The largest absolute Gasteiger partial charge is 0.379 e. The number of hydrogen-bond acceptors (Lipinski definition) is 4. The van der Waals surface area contributed by atoms with E-state index in [0.717, 1.165) is 0 Å². The van der Waals surface area contributed by atoms with Gasteiger partial charge in [-0.1, -0.05) is 0 Å². The van der Waals surface area contributed by atoms with E-state index in [4.69, 9.17) is 10.3 Å². The third-order valence-corrected chi connectivity index (χ3v) is 0.937. The molecular formula is C3H11N2O3PS. The maximum absolute atomic E-state index is 8.29. The molecule has 0 saturated heterocycles. The topological polar surface area (TPSA) is 88.6 Å². The summed E-state index contributed by atoms with van der Waals surface area (Å²) in [5.41, 5.74) is 4.56. The summed E-state index contributed by atoms with van der Waals surface area (Å²) < 4.78 is 8.59. The first-order chi connectivity index (χ1) is 4.54. The quantitative estimate of drug-likeness (QED) is 0.216. The van der Waals surface area contributed by atoms with Crippen LogP contribution >= 0.6 is 21.2 Å². The van der Waals surface area contributed by atoms with E-state index in [1.165, 1.54) is 14.2 Å². The predicted molar refractivity (Wildman–Crippen MR) is 44.1 cm³/mol. The molecule has 0 fully saturated rings. The summed E-state index contributed by atoms with van der Waals surface area (Å²) in [7, 11) is 1.19. The fourth-order valence-corrected chi connectivity index (χ4v) is 0.224. The molecule has 0 atom stereocenters.